The van der Waals surface area contributed by atoms with Gasteiger partial charge in [0.05, 0.1) is 23.1 Å². The summed E-state index contributed by atoms with van der Waals surface area (Å²) >= 11 is 0. The number of nitrogens with two attached hydrogens (primary N) is 1. The Balaban J connectivity index is 1.60. The highest BCUT2D eigenvalue weighted by Gasteiger charge is 2.35. The summed E-state index contributed by atoms with van der Waals surface area (Å²) in [6, 6.07) is 7.02. The van der Waals surface area contributed by atoms with Crippen molar-refractivity contribution in [2.24, 2.45) is 11.1 Å². The predicted octanol–water partition coefficient (Wildman–Crippen LogP) is 2.59. The van der Waals surface area contributed by atoms with Gasteiger partial charge in [-0.2, -0.15) is 13.1 Å². The minimum Gasteiger partial charge on any atom is -0.301 e. The first-order valence-electron chi connectivity index (χ1n) is 12.1. The zero-order valence-corrected chi connectivity index (χ0v) is 19.9. The Morgan fingerprint density at radius 2 is 1.69 bits per heavy atom. The number of imidazole rings is 1. The lowest BCUT2D eigenvalue weighted by atomic mass is 9.89. The summed E-state index contributed by atoms with van der Waals surface area (Å²) in [7, 11) is -3.90. The quantitative estimate of drug-likeness (QED) is 0.687. The van der Waals surface area contributed by atoms with E-state index in [2.05, 4.69) is 9.62 Å². The molecule has 2 heterocycles. The molecule has 1 saturated heterocycles. The molecule has 1 aliphatic carbocycles. The number of hydrogen-bond donors (Lipinski definition) is 2. The Bertz CT molecular complexity index is 1070. The lowest BCUT2D eigenvalue weighted by Gasteiger charge is -2.40. The average molecular weight is 464 g/mol. The summed E-state index contributed by atoms with van der Waals surface area (Å²) in [6.45, 7) is 4.93. The Morgan fingerprint density at radius 3 is 2.34 bits per heavy atom. The van der Waals surface area contributed by atoms with Crippen LogP contribution < -0.4 is 15.6 Å². The van der Waals surface area contributed by atoms with E-state index in [-0.39, 0.29) is 11.7 Å². The van der Waals surface area contributed by atoms with Crippen LogP contribution in [-0.2, 0) is 16.8 Å². The Kier molecular flexibility index (Phi) is 7.39. The standard InChI is InChI=1S/C23H37N5O3S/c1-2-27-21-12-8-9-13-22(21)28(23(27)29)20-14-15-26(17-19(20)25-32(24,30)31)16-18-10-6-4-3-5-7-11-18/h8-9,12-13,18-20,25H,2-7,10-11,14-17H2,1H3,(H2,24,30,31)/t19-,20-/m0/s1. The second kappa shape index (κ2) is 10.1. The molecule has 2 atom stereocenters. The number of likely N-dealkylation sites (tertiary alicyclic amines) is 1. The highest BCUT2D eigenvalue weighted by Crippen LogP contribution is 2.29. The molecule has 2 fully saturated rings. The van der Waals surface area contributed by atoms with E-state index in [0.717, 1.165) is 24.1 Å². The van der Waals surface area contributed by atoms with Crippen LogP contribution in [0.1, 0.15) is 64.3 Å². The third-order valence-corrected chi connectivity index (χ3v) is 7.87. The molecule has 1 saturated carbocycles. The van der Waals surface area contributed by atoms with E-state index >= 15 is 0 Å². The Hall–Kier alpha value is -1.68. The normalized spacial score (nSPS) is 24.4. The summed E-state index contributed by atoms with van der Waals surface area (Å²) < 4.78 is 30.2. The molecule has 0 unspecified atom stereocenters. The van der Waals surface area contributed by atoms with Crippen LogP contribution in [0.2, 0.25) is 0 Å². The van der Waals surface area contributed by atoms with Crippen molar-refractivity contribution in [1.82, 2.24) is 18.8 Å². The van der Waals surface area contributed by atoms with E-state index in [0.29, 0.717) is 25.4 Å². The lowest BCUT2D eigenvalue weighted by molar-refractivity contribution is 0.128. The van der Waals surface area contributed by atoms with Gasteiger partial charge in [0.15, 0.2) is 0 Å². The monoisotopic (exact) mass is 463 g/mol. The van der Waals surface area contributed by atoms with Crippen LogP contribution in [-0.4, -0.2) is 48.1 Å². The molecule has 0 amide bonds. The molecule has 0 bridgehead atoms. The van der Waals surface area contributed by atoms with E-state index in [1.807, 2.05) is 31.2 Å². The van der Waals surface area contributed by atoms with Crippen molar-refractivity contribution < 1.29 is 8.42 Å². The van der Waals surface area contributed by atoms with Gasteiger partial charge in [0.1, 0.15) is 0 Å². The van der Waals surface area contributed by atoms with Crippen LogP contribution in [0.3, 0.4) is 0 Å². The van der Waals surface area contributed by atoms with Crippen LogP contribution in [0.4, 0.5) is 0 Å². The van der Waals surface area contributed by atoms with Crippen molar-refractivity contribution in [3.05, 3.63) is 34.7 Å². The topological polar surface area (TPSA) is 102 Å². The molecular formula is C23H37N5O3S. The smallest absolute Gasteiger partial charge is 0.301 e. The molecule has 2 aromatic rings. The van der Waals surface area contributed by atoms with Gasteiger partial charge in [0.2, 0.25) is 0 Å². The number of benzene rings is 1. The van der Waals surface area contributed by atoms with Gasteiger partial charge in [-0.05, 0) is 44.2 Å². The maximum atomic E-state index is 13.3. The molecule has 1 aromatic heterocycles. The van der Waals surface area contributed by atoms with Gasteiger partial charge in [-0.3, -0.25) is 9.13 Å². The minimum absolute atomic E-state index is 0.0895. The summed E-state index contributed by atoms with van der Waals surface area (Å²) in [5.41, 5.74) is 1.64. The Morgan fingerprint density at radius 1 is 1.03 bits per heavy atom. The van der Waals surface area contributed by atoms with Gasteiger partial charge in [-0.15, -0.1) is 0 Å². The fourth-order valence-corrected chi connectivity index (χ4v) is 6.41. The van der Waals surface area contributed by atoms with Gasteiger partial charge in [0.25, 0.3) is 10.2 Å². The summed E-state index contributed by atoms with van der Waals surface area (Å²) in [6.07, 6.45) is 9.75. The van der Waals surface area contributed by atoms with Crippen molar-refractivity contribution in [1.29, 1.82) is 0 Å². The highest BCUT2D eigenvalue weighted by molar-refractivity contribution is 7.87. The van der Waals surface area contributed by atoms with Gasteiger partial charge < -0.3 is 4.90 Å². The molecule has 8 nitrogen and oxygen atoms in total. The highest BCUT2D eigenvalue weighted by atomic mass is 32.2. The second-order valence-corrected chi connectivity index (χ2v) is 10.8. The van der Waals surface area contributed by atoms with Gasteiger partial charge in [0, 0.05) is 26.2 Å². The molecule has 4 rings (SSSR count). The molecule has 178 valence electrons. The number of para-hydroxylation sites is 2. The number of rotatable bonds is 6. The second-order valence-electron chi connectivity index (χ2n) is 9.48. The molecule has 0 radical (unpaired) electrons. The molecule has 32 heavy (non-hydrogen) atoms. The third kappa shape index (κ3) is 5.27. The van der Waals surface area contributed by atoms with E-state index in [1.54, 1.807) is 9.13 Å². The maximum absolute atomic E-state index is 13.3. The lowest BCUT2D eigenvalue weighted by Crippen LogP contribution is -2.56. The van der Waals surface area contributed by atoms with E-state index in [9.17, 15) is 13.2 Å². The predicted molar refractivity (Wildman–Crippen MR) is 128 cm³/mol. The SMILES string of the molecule is CCn1c(=O)n([C@H]2CCN(CC3CCCCCCC3)C[C@@H]2NS(N)(=O)=O)c2ccccc21. The number of aromatic nitrogens is 2. The van der Waals surface area contributed by atoms with E-state index < -0.39 is 16.3 Å². The number of aryl methyl sites for hydroxylation is 1. The minimum atomic E-state index is -3.90. The maximum Gasteiger partial charge on any atom is 0.329 e. The third-order valence-electron chi connectivity index (χ3n) is 7.23. The van der Waals surface area contributed by atoms with Crippen LogP contribution in [0.25, 0.3) is 11.0 Å². The first kappa shape index (κ1) is 23.5. The fraction of sp³-hybridized carbons (Fsp3) is 0.696. The van der Waals surface area contributed by atoms with Crippen molar-refractivity contribution in [3.8, 4) is 0 Å². The van der Waals surface area contributed by atoms with Crippen molar-refractivity contribution in [2.75, 3.05) is 19.6 Å². The number of nitrogens with zero attached hydrogens (tertiary/aromatic N) is 3. The number of fused-ring (bicyclic) bond motifs is 1. The molecule has 1 aliphatic heterocycles. The van der Waals surface area contributed by atoms with Crippen LogP contribution in [0.5, 0.6) is 0 Å². The van der Waals surface area contributed by atoms with E-state index in [1.165, 1.54) is 44.9 Å². The summed E-state index contributed by atoms with van der Waals surface area (Å²) in [5.74, 6) is 0.659. The zero-order valence-electron chi connectivity index (χ0n) is 19.1. The van der Waals surface area contributed by atoms with Gasteiger partial charge in [-0.25, -0.2) is 9.93 Å². The Labute approximate surface area is 190 Å². The first-order chi connectivity index (χ1) is 15.4. The number of piperidine rings is 1. The van der Waals surface area contributed by atoms with Crippen LogP contribution in [0, 0.1) is 5.92 Å². The van der Waals surface area contributed by atoms with Gasteiger partial charge in [-0.1, -0.05) is 44.2 Å². The molecule has 2 aliphatic rings. The largest absolute Gasteiger partial charge is 0.329 e. The number of hydrogen-bond acceptors (Lipinski definition) is 4. The first-order valence-corrected chi connectivity index (χ1v) is 13.6. The average Bonchev–Trinajstić information content (AvgIpc) is 3.00. The van der Waals surface area contributed by atoms with Crippen LogP contribution >= 0.6 is 0 Å². The van der Waals surface area contributed by atoms with Crippen molar-refractivity contribution in [2.45, 2.75) is 76.9 Å². The molecule has 1 aromatic carbocycles. The summed E-state index contributed by atoms with van der Waals surface area (Å²) in [5, 5.41) is 5.41. The molecule has 0 spiro atoms. The molecule has 9 heteroatoms. The fourth-order valence-electron chi connectivity index (χ4n) is 5.76. The zero-order chi connectivity index (χ0) is 22.7. The van der Waals surface area contributed by atoms with Crippen LogP contribution in [0.15, 0.2) is 29.1 Å². The van der Waals surface area contributed by atoms with Gasteiger partial charge >= 0.3 is 5.69 Å². The summed E-state index contributed by atoms with van der Waals surface area (Å²) in [4.78, 5) is 15.7. The van der Waals surface area contributed by atoms with Crippen molar-refractivity contribution in [3.63, 3.8) is 0 Å². The molecule has 3 N–H and O–H groups in total. The van der Waals surface area contributed by atoms with Crippen molar-refractivity contribution >= 4 is 21.2 Å². The number of nitrogens with one attached hydrogen (secondary N) is 1. The van der Waals surface area contributed by atoms with E-state index in [4.69, 9.17) is 5.14 Å². The molecular weight excluding hydrogens is 426 g/mol.